The number of pyridine rings is 1. The zero-order valence-corrected chi connectivity index (χ0v) is 20.8. The molecule has 0 bridgehead atoms. The van der Waals surface area contributed by atoms with Crippen LogP contribution >= 0.6 is 0 Å². The molecular formula is C26H34N6O3. The van der Waals surface area contributed by atoms with Gasteiger partial charge in [-0.05, 0) is 37.7 Å². The van der Waals surface area contributed by atoms with Crippen LogP contribution in [0.15, 0.2) is 18.5 Å². The van der Waals surface area contributed by atoms with E-state index in [1.54, 1.807) is 18.5 Å². The van der Waals surface area contributed by atoms with Gasteiger partial charge in [-0.1, -0.05) is 33.1 Å². The first-order valence-corrected chi connectivity index (χ1v) is 12.7. The van der Waals surface area contributed by atoms with Crippen molar-refractivity contribution in [3.05, 3.63) is 29.8 Å². The Bertz CT molecular complexity index is 1190. The number of carbonyl (C=O) groups is 1. The third-order valence-electron chi connectivity index (χ3n) is 7.38. The zero-order valence-electron chi connectivity index (χ0n) is 20.8. The molecule has 3 aromatic heterocycles. The number of rotatable bonds is 6. The highest BCUT2D eigenvalue weighted by molar-refractivity contribution is 5.99. The Hall–Kier alpha value is -3.07. The summed E-state index contributed by atoms with van der Waals surface area (Å²) in [5.41, 5.74) is 3.16. The van der Waals surface area contributed by atoms with Gasteiger partial charge in [-0.25, -0.2) is 24.4 Å². The first-order chi connectivity index (χ1) is 16.9. The molecule has 1 saturated heterocycles. The van der Waals surface area contributed by atoms with E-state index in [-0.39, 0.29) is 17.7 Å². The summed E-state index contributed by atoms with van der Waals surface area (Å²) < 4.78 is 7.47. The van der Waals surface area contributed by atoms with Gasteiger partial charge in [0.25, 0.3) is 0 Å². The second kappa shape index (κ2) is 9.89. The molecule has 0 atom stereocenters. The normalized spacial score (nSPS) is 17.8. The second-order valence-corrected chi connectivity index (χ2v) is 10.1. The van der Waals surface area contributed by atoms with Crippen LogP contribution in [0.4, 0.5) is 5.95 Å². The summed E-state index contributed by atoms with van der Waals surface area (Å²) in [6.07, 6.45) is 11.1. The van der Waals surface area contributed by atoms with Gasteiger partial charge in [-0.15, -0.1) is 0 Å². The average Bonchev–Trinajstić information content (AvgIpc) is 3.29. The molecule has 9 nitrogen and oxygen atoms in total. The molecule has 35 heavy (non-hydrogen) atoms. The van der Waals surface area contributed by atoms with Crippen molar-refractivity contribution >= 4 is 23.0 Å². The first-order valence-electron chi connectivity index (χ1n) is 12.7. The molecule has 0 spiro atoms. The van der Waals surface area contributed by atoms with Gasteiger partial charge in [-0.3, -0.25) is 0 Å². The summed E-state index contributed by atoms with van der Waals surface area (Å²) in [4.78, 5) is 28.1. The molecular weight excluding hydrogens is 444 g/mol. The highest BCUT2D eigenvalue weighted by Gasteiger charge is 2.27. The highest BCUT2D eigenvalue weighted by Crippen LogP contribution is 2.38. The van der Waals surface area contributed by atoms with E-state index in [2.05, 4.69) is 33.7 Å². The monoisotopic (exact) mass is 478 g/mol. The maximum absolute atomic E-state index is 12.0. The Labute approximate surface area is 205 Å². The topological polar surface area (TPSA) is 106 Å². The fourth-order valence-electron chi connectivity index (χ4n) is 5.36. The minimum Gasteiger partial charge on any atom is -0.477 e. The predicted octanol–water partition coefficient (Wildman–Crippen LogP) is 4.83. The van der Waals surface area contributed by atoms with E-state index in [0.717, 1.165) is 73.9 Å². The van der Waals surface area contributed by atoms with Gasteiger partial charge >= 0.3 is 5.97 Å². The Kier molecular flexibility index (Phi) is 6.69. The van der Waals surface area contributed by atoms with E-state index in [9.17, 15) is 9.90 Å². The molecule has 0 unspecified atom stereocenters. The second-order valence-electron chi connectivity index (χ2n) is 10.1. The van der Waals surface area contributed by atoms with Crippen LogP contribution in [0, 0.1) is 0 Å². The average molecular weight is 479 g/mol. The lowest BCUT2D eigenvalue weighted by Crippen LogP contribution is -2.37. The lowest BCUT2D eigenvalue weighted by atomic mass is 9.95. The summed E-state index contributed by atoms with van der Waals surface area (Å²) in [6.45, 7) is 5.74. The lowest BCUT2D eigenvalue weighted by Gasteiger charge is -2.31. The van der Waals surface area contributed by atoms with Crippen LogP contribution < -0.4 is 4.90 Å². The molecule has 4 heterocycles. The number of nitrogens with zero attached hydrogens (tertiary/aromatic N) is 6. The maximum Gasteiger partial charge on any atom is 0.354 e. The third-order valence-corrected chi connectivity index (χ3v) is 7.38. The predicted molar refractivity (Wildman–Crippen MR) is 134 cm³/mol. The third kappa shape index (κ3) is 4.61. The Morgan fingerprint density at radius 3 is 2.43 bits per heavy atom. The fraction of sp³-hybridized carbons (Fsp3) is 0.577. The smallest absolute Gasteiger partial charge is 0.354 e. The van der Waals surface area contributed by atoms with Crippen molar-refractivity contribution in [1.29, 1.82) is 0 Å². The number of carboxylic acid groups (broad SMARTS) is 1. The number of aromatic nitrogens is 5. The summed E-state index contributed by atoms with van der Waals surface area (Å²) in [5, 5.41) is 15.8. The van der Waals surface area contributed by atoms with Gasteiger partial charge in [-0.2, -0.15) is 5.10 Å². The highest BCUT2D eigenvalue weighted by atomic mass is 16.5. The Morgan fingerprint density at radius 2 is 1.80 bits per heavy atom. The van der Waals surface area contributed by atoms with Crippen molar-refractivity contribution in [2.45, 2.75) is 76.8 Å². The number of hydrogen-bond donors (Lipinski definition) is 1. The summed E-state index contributed by atoms with van der Waals surface area (Å²) in [6, 6.07) is 2.24. The molecule has 9 heteroatoms. The summed E-state index contributed by atoms with van der Waals surface area (Å²) in [7, 11) is 2.02. The van der Waals surface area contributed by atoms with Crippen LogP contribution in [0.1, 0.15) is 86.9 Å². The van der Waals surface area contributed by atoms with Gasteiger partial charge in [0.05, 0.1) is 17.1 Å². The van der Waals surface area contributed by atoms with Crippen LogP contribution in [0.25, 0.3) is 22.2 Å². The standard InChI is InChI=1S/C26H34N6O3/c1-16(2)23-22-20(17-14-27-26(28-15-17)31(3)18-9-11-35-12-10-18)13-21(25(33)34)29-24(22)32(30-23)19-7-5-4-6-8-19/h13-16,18-19H,4-12H2,1-3H3,(H,33,34). The number of fused-ring (bicyclic) bond motifs is 1. The molecule has 2 aliphatic rings. The maximum atomic E-state index is 12.0. The molecule has 3 aromatic rings. The zero-order chi connectivity index (χ0) is 24.5. The molecule has 5 rings (SSSR count). The van der Waals surface area contributed by atoms with Gasteiger partial charge in [0.1, 0.15) is 0 Å². The molecule has 1 saturated carbocycles. The molecule has 0 aromatic carbocycles. The van der Waals surface area contributed by atoms with Crippen molar-refractivity contribution in [2.75, 3.05) is 25.2 Å². The molecule has 1 aliphatic heterocycles. The van der Waals surface area contributed by atoms with E-state index in [1.165, 1.54) is 6.42 Å². The lowest BCUT2D eigenvalue weighted by molar-refractivity contribution is 0.0690. The van der Waals surface area contributed by atoms with E-state index < -0.39 is 5.97 Å². The summed E-state index contributed by atoms with van der Waals surface area (Å²) >= 11 is 0. The van der Waals surface area contributed by atoms with Crippen molar-refractivity contribution in [2.24, 2.45) is 0 Å². The molecule has 0 amide bonds. The number of hydrogen-bond acceptors (Lipinski definition) is 7. The quantitative estimate of drug-likeness (QED) is 0.537. The molecule has 1 aliphatic carbocycles. The molecule has 0 radical (unpaired) electrons. The molecule has 186 valence electrons. The van der Waals surface area contributed by atoms with E-state index in [4.69, 9.17) is 9.84 Å². The largest absolute Gasteiger partial charge is 0.477 e. The fourth-order valence-corrected chi connectivity index (χ4v) is 5.36. The molecule has 2 fully saturated rings. The number of anilines is 1. The van der Waals surface area contributed by atoms with Gasteiger partial charge in [0, 0.05) is 49.8 Å². The minimum atomic E-state index is -1.05. The van der Waals surface area contributed by atoms with E-state index in [0.29, 0.717) is 17.6 Å². The van der Waals surface area contributed by atoms with Gasteiger partial charge in [0.15, 0.2) is 11.3 Å². The Balaban J connectivity index is 1.61. The summed E-state index contributed by atoms with van der Waals surface area (Å²) in [5.74, 6) is -0.225. The SMILES string of the molecule is CC(C)c1nn(C2CCCCC2)c2nc(C(=O)O)cc(-c3cnc(N(C)C4CCOCC4)nc3)c12. The van der Waals surface area contributed by atoms with Crippen LogP contribution in [0.5, 0.6) is 0 Å². The molecule has 1 N–H and O–H groups in total. The van der Waals surface area contributed by atoms with Crippen molar-refractivity contribution in [3.63, 3.8) is 0 Å². The van der Waals surface area contributed by atoms with E-state index >= 15 is 0 Å². The van der Waals surface area contributed by atoms with Crippen molar-refractivity contribution in [3.8, 4) is 11.1 Å². The number of carboxylic acids is 1. The van der Waals surface area contributed by atoms with Crippen molar-refractivity contribution in [1.82, 2.24) is 24.7 Å². The van der Waals surface area contributed by atoms with Crippen LogP contribution in [0.3, 0.4) is 0 Å². The van der Waals surface area contributed by atoms with Crippen LogP contribution in [-0.2, 0) is 4.74 Å². The van der Waals surface area contributed by atoms with Gasteiger partial charge < -0.3 is 14.7 Å². The van der Waals surface area contributed by atoms with Crippen LogP contribution in [-0.4, -0.2) is 62.1 Å². The Morgan fingerprint density at radius 1 is 1.11 bits per heavy atom. The van der Waals surface area contributed by atoms with E-state index in [1.807, 2.05) is 11.7 Å². The first kappa shape index (κ1) is 23.7. The number of aromatic carboxylic acids is 1. The number of ether oxygens (including phenoxy) is 1. The van der Waals surface area contributed by atoms with Gasteiger partial charge in [0.2, 0.25) is 5.95 Å². The van der Waals surface area contributed by atoms with Crippen LogP contribution in [0.2, 0.25) is 0 Å². The van der Waals surface area contributed by atoms with Crippen molar-refractivity contribution < 1.29 is 14.6 Å². The minimum absolute atomic E-state index is 0.0168.